The molecule has 1 unspecified atom stereocenters. The summed E-state index contributed by atoms with van der Waals surface area (Å²) >= 11 is 5.58. The van der Waals surface area contributed by atoms with Crippen LogP contribution in [0.15, 0.2) is 12.1 Å². The third-order valence-corrected chi connectivity index (χ3v) is 2.29. The molecule has 0 radical (unpaired) electrons. The molecule has 3 N–H and O–H groups in total. The second-order valence-electron chi connectivity index (χ2n) is 3.85. The Morgan fingerprint density at radius 2 is 2.26 bits per heavy atom. The van der Waals surface area contributed by atoms with Gasteiger partial charge in [-0.25, -0.2) is 0 Å². The molecule has 1 aromatic heterocycles. The second-order valence-corrected chi connectivity index (χ2v) is 4.23. The van der Waals surface area contributed by atoms with Gasteiger partial charge in [-0.05, 0) is 6.07 Å². The maximum absolute atomic E-state index is 10.6. The number of hydrogen-bond acceptors (Lipinski definition) is 6. The number of nitrogens with zero attached hydrogens (tertiary/aromatic N) is 2. The molecule has 0 fully saturated rings. The molecule has 7 nitrogen and oxygen atoms in total. The number of halogens is 1. The van der Waals surface area contributed by atoms with Crippen LogP contribution in [0.2, 0.25) is 5.15 Å². The highest BCUT2D eigenvalue weighted by Crippen LogP contribution is 2.08. The number of hydrogen-bond donors (Lipinski definition) is 3. The van der Waals surface area contributed by atoms with Crippen LogP contribution in [0, 0.1) is 0 Å². The first-order valence-corrected chi connectivity index (χ1v) is 6.21. The largest absolute Gasteiger partial charge is 0.474 e. The fraction of sp³-hybridized carbons (Fsp3) is 0.545. The summed E-state index contributed by atoms with van der Waals surface area (Å²) in [7, 11) is 0. The van der Waals surface area contributed by atoms with E-state index in [1.165, 1.54) is 6.92 Å². The average Bonchev–Trinajstić information content (AvgIpc) is 2.37. The van der Waals surface area contributed by atoms with E-state index in [2.05, 4.69) is 20.8 Å². The molecule has 1 rings (SSSR count). The van der Waals surface area contributed by atoms with Crippen molar-refractivity contribution in [2.75, 3.05) is 26.2 Å². The molecule has 106 valence electrons. The zero-order valence-electron chi connectivity index (χ0n) is 10.6. The Morgan fingerprint density at radius 3 is 2.89 bits per heavy atom. The first-order chi connectivity index (χ1) is 9.08. The zero-order valence-corrected chi connectivity index (χ0v) is 11.4. The number of nitrogens with one attached hydrogen (secondary N) is 2. The van der Waals surface area contributed by atoms with Crippen molar-refractivity contribution in [1.29, 1.82) is 0 Å². The number of rotatable bonds is 8. The molecule has 8 heteroatoms. The van der Waals surface area contributed by atoms with Crippen molar-refractivity contribution < 1.29 is 14.6 Å². The standard InChI is InChI=1S/C11H17ClN4O3/c1-8(17)14-5-4-13-6-9(18)7-19-11-3-2-10(12)15-16-11/h2-3,9,13,18H,4-7H2,1H3,(H,14,17). The summed E-state index contributed by atoms with van der Waals surface area (Å²) in [5, 5.41) is 22.8. The fourth-order valence-electron chi connectivity index (χ4n) is 1.22. The maximum Gasteiger partial charge on any atom is 0.233 e. The number of ether oxygens (including phenoxy) is 1. The lowest BCUT2D eigenvalue weighted by Gasteiger charge is -2.12. The van der Waals surface area contributed by atoms with E-state index in [1.807, 2.05) is 0 Å². The van der Waals surface area contributed by atoms with Gasteiger partial charge in [0.15, 0.2) is 5.15 Å². The zero-order chi connectivity index (χ0) is 14.1. The van der Waals surface area contributed by atoms with Crippen molar-refractivity contribution in [3.8, 4) is 5.88 Å². The minimum atomic E-state index is -0.671. The van der Waals surface area contributed by atoms with Crippen LogP contribution in [-0.4, -0.2) is 53.6 Å². The highest BCUT2D eigenvalue weighted by Gasteiger charge is 2.05. The number of carbonyl (C=O) groups is 1. The van der Waals surface area contributed by atoms with Crippen LogP contribution in [-0.2, 0) is 4.79 Å². The molecule has 0 aliphatic rings. The molecule has 0 bridgehead atoms. The van der Waals surface area contributed by atoms with Gasteiger partial charge in [0.1, 0.15) is 12.7 Å². The third-order valence-electron chi connectivity index (χ3n) is 2.09. The van der Waals surface area contributed by atoms with Crippen molar-refractivity contribution >= 4 is 17.5 Å². The molecule has 1 aromatic rings. The molecule has 0 aromatic carbocycles. The lowest BCUT2D eigenvalue weighted by Crippen LogP contribution is -2.36. The topological polar surface area (TPSA) is 96.4 Å². The molecule has 0 spiro atoms. The SMILES string of the molecule is CC(=O)NCCNCC(O)COc1ccc(Cl)nn1. The number of aliphatic hydroxyl groups is 1. The van der Waals surface area contributed by atoms with Crippen LogP contribution < -0.4 is 15.4 Å². The summed E-state index contributed by atoms with van der Waals surface area (Å²) in [6, 6.07) is 3.13. The Kier molecular flexibility index (Phi) is 7.09. The van der Waals surface area contributed by atoms with Crippen molar-refractivity contribution in [1.82, 2.24) is 20.8 Å². The Bertz CT molecular complexity index is 388. The van der Waals surface area contributed by atoms with Crippen LogP contribution in [0.25, 0.3) is 0 Å². The molecule has 0 saturated heterocycles. The molecule has 0 saturated carbocycles. The van der Waals surface area contributed by atoms with E-state index in [0.717, 1.165) is 0 Å². The van der Waals surface area contributed by atoms with Crippen LogP contribution in [0.3, 0.4) is 0 Å². The monoisotopic (exact) mass is 288 g/mol. The van der Waals surface area contributed by atoms with Crippen LogP contribution in [0.5, 0.6) is 5.88 Å². The Balaban J connectivity index is 2.09. The predicted octanol–water partition coefficient (Wildman–Crippen LogP) is -0.405. The maximum atomic E-state index is 10.6. The van der Waals surface area contributed by atoms with Gasteiger partial charge < -0.3 is 20.5 Å². The molecule has 1 heterocycles. The highest BCUT2D eigenvalue weighted by molar-refractivity contribution is 6.29. The Hall–Kier alpha value is -1.44. The number of amides is 1. The summed E-state index contributed by atoms with van der Waals surface area (Å²) in [4.78, 5) is 10.6. The lowest BCUT2D eigenvalue weighted by atomic mass is 10.3. The summed E-state index contributed by atoms with van der Waals surface area (Å²) in [6.07, 6.45) is -0.671. The second kappa shape index (κ2) is 8.63. The van der Waals surface area contributed by atoms with Gasteiger partial charge >= 0.3 is 0 Å². The van der Waals surface area contributed by atoms with Crippen molar-refractivity contribution in [3.05, 3.63) is 17.3 Å². The number of aliphatic hydroxyl groups excluding tert-OH is 1. The number of carbonyl (C=O) groups excluding carboxylic acids is 1. The molecule has 1 atom stereocenters. The van der Waals surface area contributed by atoms with Gasteiger partial charge in [-0.2, -0.15) is 0 Å². The van der Waals surface area contributed by atoms with E-state index in [-0.39, 0.29) is 17.7 Å². The number of aromatic nitrogens is 2. The van der Waals surface area contributed by atoms with Gasteiger partial charge in [-0.3, -0.25) is 4.79 Å². The first kappa shape index (κ1) is 15.6. The molecule has 1 amide bonds. The van der Waals surface area contributed by atoms with Crippen molar-refractivity contribution in [3.63, 3.8) is 0 Å². The predicted molar refractivity (Wildman–Crippen MR) is 70.1 cm³/mol. The van der Waals surface area contributed by atoms with E-state index in [0.29, 0.717) is 25.5 Å². The summed E-state index contributed by atoms with van der Waals surface area (Å²) in [5.74, 6) is 0.230. The van der Waals surface area contributed by atoms with Crippen molar-refractivity contribution in [2.45, 2.75) is 13.0 Å². The normalized spacial score (nSPS) is 11.9. The van der Waals surface area contributed by atoms with E-state index >= 15 is 0 Å². The fourth-order valence-corrected chi connectivity index (χ4v) is 1.32. The minimum Gasteiger partial charge on any atom is -0.474 e. The van der Waals surface area contributed by atoms with Gasteiger partial charge in [0.05, 0.1) is 0 Å². The van der Waals surface area contributed by atoms with E-state index in [1.54, 1.807) is 12.1 Å². The smallest absolute Gasteiger partial charge is 0.233 e. The quantitative estimate of drug-likeness (QED) is 0.563. The van der Waals surface area contributed by atoms with E-state index in [9.17, 15) is 9.90 Å². The Labute approximate surface area is 116 Å². The van der Waals surface area contributed by atoms with Crippen molar-refractivity contribution in [2.24, 2.45) is 0 Å². The van der Waals surface area contributed by atoms with Gasteiger partial charge in [0, 0.05) is 32.6 Å². The van der Waals surface area contributed by atoms with Gasteiger partial charge in [0.25, 0.3) is 0 Å². The average molecular weight is 289 g/mol. The highest BCUT2D eigenvalue weighted by atomic mass is 35.5. The molecule has 19 heavy (non-hydrogen) atoms. The van der Waals surface area contributed by atoms with Crippen LogP contribution in [0.4, 0.5) is 0 Å². The lowest BCUT2D eigenvalue weighted by molar-refractivity contribution is -0.118. The summed E-state index contributed by atoms with van der Waals surface area (Å²) in [5.41, 5.74) is 0. The van der Waals surface area contributed by atoms with E-state index in [4.69, 9.17) is 16.3 Å². The van der Waals surface area contributed by atoms with Crippen LogP contribution in [0.1, 0.15) is 6.92 Å². The molecule has 0 aliphatic carbocycles. The molecular formula is C11H17ClN4O3. The van der Waals surface area contributed by atoms with Gasteiger partial charge in [0.2, 0.25) is 11.8 Å². The minimum absolute atomic E-state index is 0.0769. The van der Waals surface area contributed by atoms with E-state index < -0.39 is 6.10 Å². The Morgan fingerprint density at radius 1 is 1.47 bits per heavy atom. The summed E-state index contributed by atoms with van der Waals surface area (Å²) < 4.78 is 5.23. The molecule has 0 aliphatic heterocycles. The van der Waals surface area contributed by atoms with Gasteiger partial charge in [-0.15, -0.1) is 10.2 Å². The molecular weight excluding hydrogens is 272 g/mol. The summed E-state index contributed by atoms with van der Waals surface area (Å²) in [6.45, 7) is 3.02. The van der Waals surface area contributed by atoms with Gasteiger partial charge in [-0.1, -0.05) is 11.6 Å². The van der Waals surface area contributed by atoms with Crippen LogP contribution >= 0.6 is 11.6 Å². The first-order valence-electron chi connectivity index (χ1n) is 5.83. The third kappa shape index (κ3) is 7.55.